The molecule has 1 fully saturated rings. The largest absolute Gasteiger partial charge is 0.480 e. The van der Waals surface area contributed by atoms with Crippen LogP contribution in [0, 0.1) is 5.92 Å². The predicted octanol–water partition coefficient (Wildman–Crippen LogP) is 1.35. The number of hydrogen-bond donors (Lipinski definition) is 3. The van der Waals surface area contributed by atoms with Gasteiger partial charge >= 0.3 is 12.0 Å². The van der Waals surface area contributed by atoms with Gasteiger partial charge in [0.2, 0.25) is 0 Å². The third-order valence-electron chi connectivity index (χ3n) is 3.69. The zero-order chi connectivity index (χ0) is 14.5. The Balaban J connectivity index is 2.60. The number of hydrogen-bond acceptors (Lipinski definition) is 3. The van der Waals surface area contributed by atoms with Crippen LogP contribution in [0.25, 0.3) is 0 Å². The molecule has 0 saturated heterocycles. The molecule has 19 heavy (non-hydrogen) atoms. The highest BCUT2D eigenvalue weighted by molar-refractivity contribution is 5.86. The molecule has 110 valence electrons. The second-order valence-electron chi connectivity index (χ2n) is 5.50. The lowest BCUT2D eigenvalue weighted by molar-refractivity contribution is -0.144. The van der Waals surface area contributed by atoms with Gasteiger partial charge in [-0.3, -0.25) is 0 Å². The van der Waals surface area contributed by atoms with Crippen LogP contribution >= 0.6 is 0 Å². The first kappa shape index (κ1) is 15.8. The van der Waals surface area contributed by atoms with E-state index in [9.17, 15) is 14.7 Å². The van der Waals surface area contributed by atoms with Crippen molar-refractivity contribution in [1.29, 1.82) is 0 Å². The number of carboxylic acid groups (broad SMARTS) is 1. The first-order valence-electron chi connectivity index (χ1n) is 6.72. The lowest BCUT2D eigenvalue weighted by atomic mass is 9.98. The summed E-state index contributed by atoms with van der Waals surface area (Å²) in [6, 6.07) is -0.558. The molecule has 0 spiro atoms. The summed E-state index contributed by atoms with van der Waals surface area (Å²) in [7, 11) is 1.57. The van der Waals surface area contributed by atoms with Crippen LogP contribution in [0.1, 0.15) is 39.5 Å². The van der Waals surface area contributed by atoms with E-state index in [1.165, 1.54) is 0 Å². The minimum atomic E-state index is -1.10. The van der Waals surface area contributed by atoms with E-state index >= 15 is 0 Å². The van der Waals surface area contributed by atoms with E-state index in [0.29, 0.717) is 19.4 Å². The van der Waals surface area contributed by atoms with Gasteiger partial charge in [0.1, 0.15) is 5.54 Å². The van der Waals surface area contributed by atoms with Crippen LogP contribution in [-0.2, 0) is 9.53 Å². The number of carboxylic acids is 1. The third-order valence-corrected chi connectivity index (χ3v) is 3.69. The van der Waals surface area contributed by atoms with Crippen molar-refractivity contribution in [2.45, 2.75) is 51.1 Å². The van der Waals surface area contributed by atoms with Crippen molar-refractivity contribution in [2.75, 3.05) is 13.7 Å². The predicted molar refractivity (Wildman–Crippen MR) is 71.0 cm³/mol. The SMILES string of the molecule is COCC(NC(=O)NC1(C(=O)O)CCCC1)C(C)C. The minimum Gasteiger partial charge on any atom is -0.480 e. The average Bonchev–Trinajstić information content (AvgIpc) is 2.78. The van der Waals surface area contributed by atoms with E-state index in [1.54, 1.807) is 7.11 Å². The van der Waals surface area contributed by atoms with Crippen molar-refractivity contribution in [3.63, 3.8) is 0 Å². The van der Waals surface area contributed by atoms with Crippen molar-refractivity contribution in [3.05, 3.63) is 0 Å². The van der Waals surface area contributed by atoms with Crippen LogP contribution in [0.4, 0.5) is 4.79 Å². The summed E-state index contributed by atoms with van der Waals surface area (Å²) in [4.78, 5) is 23.3. The molecule has 1 rings (SSSR count). The number of carbonyl (C=O) groups is 2. The average molecular weight is 272 g/mol. The number of ether oxygens (including phenoxy) is 1. The monoisotopic (exact) mass is 272 g/mol. The lowest BCUT2D eigenvalue weighted by Gasteiger charge is -2.28. The highest BCUT2D eigenvalue weighted by Gasteiger charge is 2.42. The Morgan fingerprint density at radius 2 is 1.89 bits per heavy atom. The first-order valence-corrected chi connectivity index (χ1v) is 6.72. The number of methoxy groups -OCH3 is 1. The quantitative estimate of drug-likeness (QED) is 0.681. The summed E-state index contributed by atoms with van der Waals surface area (Å²) < 4.78 is 5.05. The molecular weight excluding hydrogens is 248 g/mol. The zero-order valence-corrected chi connectivity index (χ0v) is 11.9. The van der Waals surface area contributed by atoms with E-state index in [1.807, 2.05) is 13.8 Å². The van der Waals surface area contributed by atoms with E-state index in [0.717, 1.165) is 12.8 Å². The van der Waals surface area contributed by atoms with Crippen molar-refractivity contribution >= 4 is 12.0 Å². The van der Waals surface area contributed by atoms with Gasteiger partial charge in [-0.2, -0.15) is 0 Å². The van der Waals surface area contributed by atoms with Crippen LogP contribution in [0.15, 0.2) is 0 Å². The van der Waals surface area contributed by atoms with Crippen molar-refractivity contribution in [3.8, 4) is 0 Å². The topological polar surface area (TPSA) is 87.7 Å². The Morgan fingerprint density at radius 3 is 2.32 bits per heavy atom. The normalized spacial score (nSPS) is 19.2. The van der Waals surface area contributed by atoms with Gasteiger partial charge in [-0.15, -0.1) is 0 Å². The smallest absolute Gasteiger partial charge is 0.329 e. The van der Waals surface area contributed by atoms with Crippen LogP contribution in [-0.4, -0.2) is 42.4 Å². The van der Waals surface area contributed by atoms with Crippen LogP contribution in [0.5, 0.6) is 0 Å². The summed E-state index contributed by atoms with van der Waals surface area (Å²) in [6.07, 6.45) is 2.65. The Bertz CT molecular complexity index is 325. The first-order chi connectivity index (χ1) is 8.91. The molecule has 6 heteroatoms. The minimum absolute atomic E-state index is 0.128. The fourth-order valence-electron chi connectivity index (χ4n) is 2.37. The molecule has 0 aromatic carbocycles. The number of urea groups is 1. The molecule has 0 aromatic heterocycles. The van der Waals surface area contributed by atoms with E-state index in [4.69, 9.17) is 4.74 Å². The van der Waals surface area contributed by atoms with Crippen molar-refractivity contribution in [2.24, 2.45) is 5.92 Å². The molecule has 0 aliphatic heterocycles. The third kappa shape index (κ3) is 4.09. The number of rotatable bonds is 6. The van der Waals surface area contributed by atoms with Gasteiger partial charge in [0.25, 0.3) is 0 Å². The molecule has 1 atom stereocenters. The second kappa shape index (κ2) is 6.75. The molecule has 6 nitrogen and oxygen atoms in total. The Kier molecular flexibility index (Phi) is 5.60. The van der Waals surface area contributed by atoms with Crippen LogP contribution < -0.4 is 10.6 Å². The molecule has 1 unspecified atom stereocenters. The molecule has 1 saturated carbocycles. The summed E-state index contributed by atoms with van der Waals surface area (Å²) in [6.45, 7) is 4.37. The Morgan fingerprint density at radius 1 is 1.32 bits per heavy atom. The van der Waals surface area contributed by atoms with Crippen molar-refractivity contribution in [1.82, 2.24) is 10.6 Å². The molecule has 0 aromatic rings. The Hall–Kier alpha value is -1.30. The van der Waals surface area contributed by atoms with Gasteiger partial charge in [-0.1, -0.05) is 26.7 Å². The molecule has 0 bridgehead atoms. The molecule has 3 N–H and O–H groups in total. The standard InChI is InChI=1S/C13H24N2O4/c1-9(2)10(8-19-3)14-12(18)15-13(11(16)17)6-4-5-7-13/h9-10H,4-8H2,1-3H3,(H,16,17)(H2,14,15,18). The van der Waals surface area contributed by atoms with Crippen LogP contribution in [0.2, 0.25) is 0 Å². The van der Waals surface area contributed by atoms with E-state index < -0.39 is 17.5 Å². The van der Waals surface area contributed by atoms with Crippen molar-refractivity contribution < 1.29 is 19.4 Å². The van der Waals surface area contributed by atoms with E-state index in [-0.39, 0.29) is 12.0 Å². The number of nitrogens with one attached hydrogen (secondary N) is 2. The Labute approximate surface area is 113 Å². The maximum absolute atomic E-state index is 12.0. The fourth-order valence-corrected chi connectivity index (χ4v) is 2.37. The fraction of sp³-hybridized carbons (Fsp3) is 0.846. The second-order valence-corrected chi connectivity index (χ2v) is 5.50. The summed E-state index contributed by atoms with van der Waals surface area (Å²) in [5.74, 6) is -0.733. The van der Waals surface area contributed by atoms with Gasteiger partial charge in [-0.25, -0.2) is 9.59 Å². The zero-order valence-electron chi connectivity index (χ0n) is 11.9. The van der Waals surface area contributed by atoms with Gasteiger partial charge in [0.15, 0.2) is 0 Å². The molecule has 1 aliphatic rings. The molecule has 0 radical (unpaired) electrons. The summed E-state index contributed by atoms with van der Waals surface area (Å²) in [5.41, 5.74) is -1.10. The van der Waals surface area contributed by atoms with Gasteiger partial charge in [-0.05, 0) is 18.8 Å². The lowest BCUT2D eigenvalue weighted by Crippen LogP contribution is -2.58. The van der Waals surface area contributed by atoms with Gasteiger partial charge < -0.3 is 20.5 Å². The maximum atomic E-state index is 12.0. The van der Waals surface area contributed by atoms with E-state index in [2.05, 4.69) is 10.6 Å². The van der Waals surface area contributed by atoms with Gasteiger partial charge in [0, 0.05) is 7.11 Å². The molecule has 1 aliphatic carbocycles. The highest BCUT2D eigenvalue weighted by Crippen LogP contribution is 2.29. The molecule has 0 heterocycles. The number of amides is 2. The molecular formula is C13H24N2O4. The maximum Gasteiger partial charge on any atom is 0.329 e. The summed E-state index contributed by atoms with van der Waals surface area (Å²) >= 11 is 0. The van der Waals surface area contributed by atoms with Gasteiger partial charge in [0.05, 0.1) is 12.6 Å². The highest BCUT2D eigenvalue weighted by atomic mass is 16.5. The number of carbonyl (C=O) groups excluding carboxylic acids is 1. The summed E-state index contributed by atoms with van der Waals surface area (Å²) in [5, 5.41) is 14.7. The number of aliphatic carboxylic acids is 1. The molecule has 2 amide bonds. The van der Waals surface area contributed by atoms with Crippen LogP contribution in [0.3, 0.4) is 0 Å².